The number of hydrogen-bond donors (Lipinski definition) is 1. The third kappa shape index (κ3) is 5.43. The Kier molecular flexibility index (Phi) is 6.77. The molecule has 0 bridgehead atoms. The molecule has 0 spiro atoms. The van der Waals surface area contributed by atoms with Gasteiger partial charge in [0.05, 0.1) is 6.04 Å². The van der Waals surface area contributed by atoms with Gasteiger partial charge in [-0.15, -0.1) is 0 Å². The monoisotopic (exact) mass is 277 g/mol. The number of alkyl carbamates (subject to hydrolysis) is 1. The van der Waals surface area contributed by atoms with Crippen molar-refractivity contribution in [3.8, 4) is 0 Å². The lowest BCUT2D eigenvalue weighted by Crippen LogP contribution is -2.41. The zero-order chi connectivity index (χ0) is 15.0. The van der Waals surface area contributed by atoms with Gasteiger partial charge in [-0.2, -0.15) is 0 Å². The largest absolute Gasteiger partial charge is 0.445 e. The minimum atomic E-state index is -0.557. The highest BCUT2D eigenvalue weighted by Crippen LogP contribution is 2.09. The lowest BCUT2D eigenvalue weighted by atomic mass is 9.96. The van der Waals surface area contributed by atoms with Gasteiger partial charge in [0.15, 0.2) is 5.78 Å². The van der Waals surface area contributed by atoms with Crippen LogP contribution in [0.1, 0.15) is 39.2 Å². The Hall–Kier alpha value is -1.84. The van der Waals surface area contributed by atoms with Gasteiger partial charge in [0.2, 0.25) is 0 Å². The molecule has 0 aliphatic heterocycles. The molecule has 4 heteroatoms. The Morgan fingerprint density at radius 3 is 2.45 bits per heavy atom. The van der Waals surface area contributed by atoms with Crippen molar-refractivity contribution in [3.63, 3.8) is 0 Å². The van der Waals surface area contributed by atoms with Crippen molar-refractivity contribution in [1.29, 1.82) is 0 Å². The second kappa shape index (κ2) is 8.35. The number of rotatable bonds is 7. The molecule has 0 fully saturated rings. The van der Waals surface area contributed by atoms with Crippen molar-refractivity contribution in [2.45, 2.75) is 46.3 Å². The molecule has 0 saturated heterocycles. The number of nitrogens with one attached hydrogen (secondary N) is 1. The number of ketones is 1. The first kappa shape index (κ1) is 16.2. The van der Waals surface area contributed by atoms with Crippen LogP contribution in [0.15, 0.2) is 30.3 Å². The van der Waals surface area contributed by atoms with Crippen LogP contribution in [0.25, 0.3) is 0 Å². The van der Waals surface area contributed by atoms with E-state index in [-0.39, 0.29) is 18.3 Å². The Labute approximate surface area is 120 Å². The van der Waals surface area contributed by atoms with Gasteiger partial charge in [-0.25, -0.2) is 4.79 Å². The Bertz CT molecular complexity index is 431. The maximum Gasteiger partial charge on any atom is 0.408 e. The average molecular weight is 277 g/mol. The summed E-state index contributed by atoms with van der Waals surface area (Å²) in [5.74, 6) is 0.00735. The van der Waals surface area contributed by atoms with Gasteiger partial charge in [-0.3, -0.25) is 4.79 Å². The lowest BCUT2D eigenvalue weighted by molar-refractivity contribution is -0.124. The van der Waals surface area contributed by atoms with Crippen molar-refractivity contribution in [2.75, 3.05) is 0 Å². The average Bonchev–Trinajstić information content (AvgIpc) is 2.45. The first-order valence-electron chi connectivity index (χ1n) is 7.05. The van der Waals surface area contributed by atoms with E-state index in [1.54, 1.807) is 6.92 Å². The summed E-state index contributed by atoms with van der Waals surface area (Å²) in [6.07, 6.45) is 1.24. The SMILES string of the molecule is CCCC(C)C(=O)C(C)NC(=O)OCc1ccccc1. The normalized spacial score (nSPS) is 13.3. The van der Waals surface area contributed by atoms with Crippen molar-refractivity contribution < 1.29 is 14.3 Å². The van der Waals surface area contributed by atoms with Gasteiger partial charge >= 0.3 is 6.09 Å². The summed E-state index contributed by atoms with van der Waals surface area (Å²) in [4.78, 5) is 23.6. The van der Waals surface area contributed by atoms with E-state index in [4.69, 9.17) is 4.74 Å². The molecule has 0 aliphatic carbocycles. The second-order valence-corrected chi connectivity index (χ2v) is 5.02. The molecule has 1 amide bonds. The number of amides is 1. The molecule has 0 aliphatic rings. The van der Waals surface area contributed by atoms with E-state index in [1.165, 1.54) is 0 Å². The number of carbonyl (C=O) groups is 2. The molecule has 1 rings (SSSR count). The van der Waals surface area contributed by atoms with Crippen LogP contribution in [0.2, 0.25) is 0 Å². The van der Waals surface area contributed by atoms with E-state index in [0.717, 1.165) is 18.4 Å². The summed E-state index contributed by atoms with van der Waals surface area (Å²) in [6, 6.07) is 8.92. The maximum atomic E-state index is 12.0. The third-order valence-corrected chi connectivity index (χ3v) is 3.18. The highest BCUT2D eigenvalue weighted by molar-refractivity contribution is 5.88. The van der Waals surface area contributed by atoms with Crippen molar-refractivity contribution in [3.05, 3.63) is 35.9 Å². The minimum absolute atomic E-state index is 0.0376. The second-order valence-electron chi connectivity index (χ2n) is 5.02. The summed E-state index contributed by atoms with van der Waals surface area (Å²) in [5, 5.41) is 2.58. The topological polar surface area (TPSA) is 55.4 Å². The fraction of sp³-hybridized carbons (Fsp3) is 0.500. The van der Waals surface area contributed by atoms with Crippen LogP contribution in [0.4, 0.5) is 4.79 Å². The molecule has 0 saturated carbocycles. The van der Waals surface area contributed by atoms with Crippen molar-refractivity contribution in [1.82, 2.24) is 5.32 Å². The summed E-state index contributed by atoms with van der Waals surface area (Å²) < 4.78 is 5.09. The molecular formula is C16H23NO3. The Morgan fingerprint density at radius 2 is 1.85 bits per heavy atom. The van der Waals surface area contributed by atoms with E-state index in [0.29, 0.717) is 0 Å². The first-order valence-corrected chi connectivity index (χ1v) is 7.05. The quantitative estimate of drug-likeness (QED) is 0.832. The molecule has 0 heterocycles. The maximum absolute atomic E-state index is 12.0. The van der Waals surface area contributed by atoms with Gasteiger partial charge < -0.3 is 10.1 Å². The molecule has 4 nitrogen and oxygen atoms in total. The molecule has 1 aromatic carbocycles. The van der Waals surface area contributed by atoms with E-state index in [2.05, 4.69) is 5.32 Å². The Balaban J connectivity index is 2.36. The zero-order valence-electron chi connectivity index (χ0n) is 12.4. The lowest BCUT2D eigenvalue weighted by Gasteiger charge is -2.17. The molecular weight excluding hydrogens is 254 g/mol. The summed E-state index contributed by atoms with van der Waals surface area (Å²) in [6.45, 7) is 5.83. The van der Waals surface area contributed by atoms with Crippen molar-refractivity contribution in [2.24, 2.45) is 5.92 Å². The molecule has 1 N–H and O–H groups in total. The molecule has 0 aromatic heterocycles. The van der Waals surface area contributed by atoms with Crippen LogP contribution in [0.5, 0.6) is 0 Å². The molecule has 1 aromatic rings. The van der Waals surface area contributed by atoms with Gasteiger partial charge in [-0.05, 0) is 18.9 Å². The Morgan fingerprint density at radius 1 is 1.20 bits per heavy atom. The zero-order valence-corrected chi connectivity index (χ0v) is 12.4. The highest BCUT2D eigenvalue weighted by Gasteiger charge is 2.21. The third-order valence-electron chi connectivity index (χ3n) is 3.18. The van der Waals surface area contributed by atoms with E-state index in [9.17, 15) is 9.59 Å². The molecule has 2 unspecified atom stereocenters. The summed E-state index contributed by atoms with van der Waals surface area (Å²) >= 11 is 0. The smallest absolute Gasteiger partial charge is 0.408 e. The number of benzene rings is 1. The minimum Gasteiger partial charge on any atom is -0.445 e. The van der Waals surface area contributed by atoms with Gasteiger partial charge in [0.25, 0.3) is 0 Å². The standard InChI is InChI=1S/C16H23NO3/c1-4-8-12(2)15(18)13(3)17-16(19)20-11-14-9-6-5-7-10-14/h5-7,9-10,12-13H,4,8,11H2,1-3H3,(H,17,19). The fourth-order valence-corrected chi connectivity index (χ4v) is 2.01. The first-order chi connectivity index (χ1) is 9.54. The van der Waals surface area contributed by atoms with Crippen LogP contribution in [-0.4, -0.2) is 17.9 Å². The van der Waals surface area contributed by atoms with Crippen LogP contribution < -0.4 is 5.32 Å². The van der Waals surface area contributed by atoms with Crippen LogP contribution in [0, 0.1) is 5.92 Å². The summed E-state index contributed by atoms with van der Waals surface area (Å²) in [7, 11) is 0. The van der Waals surface area contributed by atoms with Gasteiger partial charge in [0.1, 0.15) is 6.61 Å². The van der Waals surface area contributed by atoms with E-state index in [1.807, 2.05) is 44.2 Å². The van der Waals surface area contributed by atoms with E-state index >= 15 is 0 Å². The molecule has 0 radical (unpaired) electrons. The van der Waals surface area contributed by atoms with Crippen molar-refractivity contribution >= 4 is 11.9 Å². The number of carbonyl (C=O) groups excluding carboxylic acids is 2. The predicted molar refractivity (Wildman–Crippen MR) is 78.3 cm³/mol. The van der Waals surface area contributed by atoms with Gasteiger partial charge in [0, 0.05) is 5.92 Å². The van der Waals surface area contributed by atoms with Gasteiger partial charge in [-0.1, -0.05) is 50.6 Å². The van der Waals surface area contributed by atoms with Crippen LogP contribution in [0.3, 0.4) is 0 Å². The van der Waals surface area contributed by atoms with Crippen LogP contribution >= 0.6 is 0 Å². The summed E-state index contributed by atoms with van der Waals surface area (Å²) in [5.41, 5.74) is 0.918. The molecule has 110 valence electrons. The molecule has 20 heavy (non-hydrogen) atoms. The number of ether oxygens (including phenoxy) is 1. The van der Waals surface area contributed by atoms with E-state index < -0.39 is 12.1 Å². The van der Waals surface area contributed by atoms with Crippen LogP contribution in [-0.2, 0) is 16.1 Å². The number of Topliss-reactive ketones (excluding diaryl/α,β-unsaturated/α-hetero) is 1. The molecule has 2 atom stereocenters. The highest BCUT2D eigenvalue weighted by atomic mass is 16.5. The predicted octanol–water partition coefficient (Wildman–Crippen LogP) is 3.31. The fourth-order valence-electron chi connectivity index (χ4n) is 2.01. The number of hydrogen-bond acceptors (Lipinski definition) is 3.